The normalized spacial score (nSPS) is 13.1. The first-order valence-electron chi connectivity index (χ1n) is 8.96. The van der Waals surface area contributed by atoms with Crippen molar-refractivity contribution in [2.45, 2.75) is 45.7 Å². The van der Waals surface area contributed by atoms with E-state index in [0.29, 0.717) is 17.8 Å². The number of carbonyl (C=O) groups excluding carboxylic acids is 2. The summed E-state index contributed by atoms with van der Waals surface area (Å²) in [6, 6.07) is 11.6. The topological polar surface area (TPSA) is 58.5 Å². The van der Waals surface area contributed by atoms with Crippen molar-refractivity contribution in [1.82, 2.24) is 5.32 Å². The van der Waals surface area contributed by atoms with E-state index in [0.717, 1.165) is 16.7 Å². The summed E-state index contributed by atoms with van der Waals surface area (Å²) in [5.74, 6) is -0.506. The molecule has 0 fully saturated rings. The van der Waals surface area contributed by atoms with Crippen molar-refractivity contribution >= 4 is 17.4 Å². The first-order chi connectivity index (χ1) is 12.7. The molecular formula is C22H23FN2O2. The van der Waals surface area contributed by atoms with Crippen LogP contribution in [0.2, 0.25) is 0 Å². The van der Waals surface area contributed by atoms with Gasteiger partial charge in [0.25, 0.3) is 5.91 Å². The molecular weight excluding hydrogens is 343 g/mol. The zero-order valence-corrected chi connectivity index (χ0v) is 15.8. The van der Waals surface area contributed by atoms with Crippen LogP contribution in [0, 0.1) is 5.82 Å². The minimum Gasteiger partial charge on any atom is -0.347 e. The molecule has 140 valence electrons. The molecule has 0 spiro atoms. The highest BCUT2D eigenvalue weighted by molar-refractivity contribution is 6.13. The molecule has 0 aliphatic carbocycles. The summed E-state index contributed by atoms with van der Waals surface area (Å²) in [7, 11) is 0. The smallest absolute Gasteiger partial charge is 0.251 e. The number of nitrogens with zero attached hydrogens (tertiary/aromatic N) is 1. The standard InChI is InChI=1S/C22H23FN2O2/c1-22(2,3)25-21(27)15-6-4-5-14(9-15)10-18(26)12-20-19-11-17(23)8-7-16(19)13-24-20/h4-9,11H,10,12-13H2,1-3H3,(H,25,27). The van der Waals surface area contributed by atoms with E-state index in [1.165, 1.54) is 12.1 Å². The minimum absolute atomic E-state index is 0.0146. The van der Waals surface area contributed by atoms with Crippen molar-refractivity contribution in [3.63, 3.8) is 0 Å². The van der Waals surface area contributed by atoms with E-state index in [1.54, 1.807) is 24.3 Å². The Kier molecular flexibility index (Phi) is 5.22. The van der Waals surface area contributed by atoms with Gasteiger partial charge in [-0.2, -0.15) is 0 Å². The number of benzene rings is 2. The Morgan fingerprint density at radius 1 is 1.11 bits per heavy atom. The highest BCUT2D eigenvalue weighted by atomic mass is 19.1. The Labute approximate surface area is 158 Å². The van der Waals surface area contributed by atoms with Crippen LogP contribution in [0.3, 0.4) is 0 Å². The Morgan fingerprint density at radius 3 is 2.63 bits per heavy atom. The maximum Gasteiger partial charge on any atom is 0.251 e. The third kappa shape index (κ3) is 4.88. The van der Waals surface area contributed by atoms with E-state index >= 15 is 0 Å². The average molecular weight is 366 g/mol. The zero-order chi connectivity index (χ0) is 19.6. The third-order valence-electron chi connectivity index (χ3n) is 4.27. The van der Waals surface area contributed by atoms with Gasteiger partial charge in [-0.1, -0.05) is 18.2 Å². The van der Waals surface area contributed by atoms with Gasteiger partial charge < -0.3 is 5.32 Å². The number of hydrogen-bond donors (Lipinski definition) is 1. The fourth-order valence-corrected chi connectivity index (χ4v) is 3.08. The molecule has 2 aromatic rings. The van der Waals surface area contributed by atoms with Crippen molar-refractivity contribution in [1.29, 1.82) is 0 Å². The van der Waals surface area contributed by atoms with Gasteiger partial charge in [-0.25, -0.2) is 4.39 Å². The molecule has 0 atom stereocenters. The molecule has 0 aromatic heterocycles. The van der Waals surface area contributed by atoms with Crippen LogP contribution in [0.1, 0.15) is 54.2 Å². The highest BCUT2D eigenvalue weighted by Gasteiger charge is 2.20. The first-order valence-corrected chi connectivity index (χ1v) is 8.96. The molecule has 3 rings (SSSR count). The molecule has 1 N–H and O–H groups in total. The number of aliphatic imine (C=N–C) groups is 1. The number of halogens is 1. The monoisotopic (exact) mass is 366 g/mol. The number of fused-ring (bicyclic) bond motifs is 1. The van der Waals surface area contributed by atoms with Crippen LogP contribution in [-0.2, 0) is 17.8 Å². The molecule has 1 aliphatic rings. The SMILES string of the molecule is CC(C)(C)NC(=O)c1cccc(CC(=O)CC2=NCc3ccc(F)cc32)c1. The minimum atomic E-state index is -0.327. The van der Waals surface area contributed by atoms with Crippen LogP contribution < -0.4 is 5.32 Å². The number of rotatable bonds is 5. The molecule has 4 nitrogen and oxygen atoms in total. The second-order valence-electron chi connectivity index (χ2n) is 7.86. The van der Waals surface area contributed by atoms with Crippen LogP contribution in [0.15, 0.2) is 47.5 Å². The number of hydrogen-bond acceptors (Lipinski definition) is 3. The van der Waals surface area contributed by atoms with Crippen LogP contribution in [-0.4, -0.2) is 22.9 Å². The second kappa shape index (κ2) is 7.43. The molecule has 5 heteroatoms. The Morgan fingerprint density at radius 2 is 1.89 bits per heavy atom. The molecule has 0 radical (unpaired) electrons. The predicted molar refractivity (Wildman–Crippen MR) is 104 cm³/mol. The van der Waals surface area contributed by atoms with Crippen LogP contribution in [0.4, 0.5) is 4.39 Å². The van der Waals surface area contributed by atoms with Crippen LogP contribution in [0.25, 0.3) is 0 Å². The van der Waals surface area contributed by atoms with Crippen LogP contribution in [0.5, 0.6) is 0 Å². The van der Waals surface area contributed by atoms with Crippen LogP contribution >= 0.6 is 0 Å². The van der Waals surface area contributed by atoms with Gasteiger partial charge in [0, 0.05) is 29.5 Å². The average Bonchev–Trinajstić information content (AvgIpc) is 2.95. The lowest BCUT2D eigenvalue weighted by molar-refractivity contribution is -0.117. The van der Waals surface area contributed by atoms with Crippen molar-refractivity contribution < 1.29 is 14.0 Å². The first kappa shape index (κ1) is 19.0. The maximum absolute atomic E-state index is 13.5. The number of ketones is 1. The summed E-state index contributed by atoms with van der Waals surface area (Å²) in [6.45, 7) is 6.24. The lowest BCUT2D eigenvalue weighted by atomic mass is 9.98. The fourth-order valence-electron chi connectivity index (χ4n) is 3.08. The van der Waals surface area contributed by atoms with E-state index < -0.39 is 0 Å². The van der Waals surface area contributed by atoms with Gasteiger partial charge >= 0.3 is 0 Å². The van der Waals surface area contributed by atoms with Crippen molar-refractivity contribution in [3.8, 4) is 0 Å². The fraction of sp³-hybridized carbons (Fsp3) is 0.318. The highest BCUT2D eigenvalue weighted by Crippen LogP contribution is 2.22. The van der Waals surface area contributed by atoms with Gasteiger partial charge in [0.15, 0.2) is 0 Å². The van der Waals surface area contributed by atoms with Crippen molar-refractivity contribution in [3.05, 3.63) is 70.5 Å². The molecule has 0 saturated carbocycles. The summed E-state index contributed by atoms with van der Waals surface area (Å²) in [4.78, 5) is 29.2. The third-order valence-corrected chi connectivity index (χ3v) is 4.27. The van der Waals surface area contributed by atoms with Gasteiger partial charge in [0.2, 0.25) is 0 Å². The Bertz CT molecular complexity index is 926. The largest absolute Gasteiger partial charge is 0.347 e. The van der Waals surface area contributed by atoms with E-state index in [4.69, 9.17) is 0 Å². The molecule has 0 bridgehead atoms. The molecule has 1 heterocycles. The van der Waals surface area contributed by atoms with E-state index in [2.05, 4.69) is 10.3 Å². The van der Waals surface area contributed by atoms with Gasteiger partial charge in [-0.3, -0.25) is 14.6 Å². The summed E-state index contributed by atoms with van der Waals surface area (Å²) in [5, 5.41) is 2.91. The molecule has 27 heavy (non-hydrogen) atoms. The maximum atomic E-state index is 13.5. The number of nitrogens with one attached hydrogen (secondary N) is 1. The second-order valence-corrected chi connectivity index (χ2v) is 7.86. The Hall–Kier alpha value is -2.82. The summed E-state index contributed by atoms with van der Waals surface area (Å²) in [6.07, 6.45) is 0.370. The molecule has 0 unspecified atom stereocenters. The number of amides is 1. The molecule has 1 aliphatic heterocycles. The quantitative estimate of drug-likeness (QED) is 0.874. The van der Waals surface area contributed by atoms with Gasteiger partial charge in [0.1, 0.15) is 11.6 Å². The van der Waals surface area contributed by atoms with Crippen molar-refractivity contribution in [2.24, 2.45) is 4.99 Å². The number of carbonyl (C=O) groups is 2. The van der Waals surface area contributed by atoms with E-state index in [9.17, 15) is 14.0 Å². The summed E-state index contributed by atoms with van der Waals surface area (Å²) in [5.41, 5.74) is 3.28. The van der Waals surface area contributed by atoms with E-state index in [-0.39, 0.29) is 35.9 Å². The van der Waals surface area contributed by atoms with Crippen molar-refractivity contribution in [2.75, 3.05) is 0 Å². The lowest BCUT2D eigenvalue weighted by Gasteiger charge is -2.20. The molecule has 0 saturated heterocycles. The van der Waals surface area contributed by atoms with Gasteiger partial charge in [-0.15, -0.1) is 0 Å². The van der Waals surface area contributed by atoms with E-state index in [1.807, 2.05) is 26.8 Å². The summed E-state index contributed by atoms with van der Waals surface area (Å²) >= 11 is 0. The predicted octanol–water partition coefficient (Wildman–Crippen LogP) is 3.86. The molecule has 2 aromatic carbocycles. The van der Waals surface area contributed by atoms with Gasteiger partial charge in [-0.05, 0) is 56.2 Å². The lowest BCUT2D eigenvalue weighted by Crippen LogP contribution is -2.40. The van der Waals surface area contributed by atoms with Gasteiger partial charge in [0.05, 0.1) is 12.3 Å². The summed E-state index contributed by atoms with van der Waals surface area (Å²) < 4.78 is 13.5. The number of Topliss-reactive ketones (excluding diaryl/α,β-unsaturated/α-hetero) is 1. The zero-order valence-electron chi connectivity index (χ0n) is 15.8. The molecule has 1 amide bonds. The Balaban J connectivity index is 1.67.